The molecule has 2 heterocycles. The second kappa shape index (κ2) is 7.22. The number of imidazole rings is 1. The molecule has 0 saturated carbocycles. The third-order valence-corrected chi connectivity index (χ3v) is 4.69. The Kier molecular flexibility index (Phi) is 4.98. The second-order valence-corrected chi connectivity index (χ2v) is 6.79. The van der Waals surface area contributed by atoms with Gasteiger partial charge < -0.3 is 9.88 Å². The summed E-state index contributed by atoms with van der Waals surface area (Å²) < 4.78 is 4.11. The minimum atomic E-state index is -0.411. The SMILES string of the molecule is Cc1ccc(C)c(NC(=O)CCCn2cnc3c2c(=O)n(C)c(=O)n3C)c1. The molecule has 27 heavy (non-hydrogen) atoms. The molecule has 2 aromatic heterocycles. The molecule has 0 unspecified atom stereocenters. The minimum absolute atomic E-state index is 0.0755. The lowest BCUT2D eigenvalue weighted by atomic mass is 10.1. The molecule has 3 aromatic rings. The molecule has 0 saturated heterocycles. The van der Waals surface area contributed by atoms with Crippen molar-refractivity contribution in [3.63, 3.8) is 0 Å². The molecule has 0 aliphatic heterocycles. The minimum Gasteiger partial charge on any atom is -0.326 e. The van der Waals surface area contributed by atoms with Gasteiger partial charge in [0.1, 0.15) is 0 Å². The monoisotopic (exact) mass is 369 g/mol. The summed E-state index contributed by atoms with van der Waals surface area (Å²) in [4.78, 5) is 40.8. The highest BCUT2D eigenvalue weighted by Crippen LogP contribution is 2.17. The molecule has 0 bridgehead atoms. The Hall–Kier alpha value is -3.16. The number of benzene rings is 1. The number of hydrogen-bond acceptors (Lipinski definition) is 4. The number of hydrogen-bond donors (Lipinski definition) is 1. The van der Waals surface area contributed by atoms with Crippen LogP contribution >= 0.6 is 0 Å². The molecule has 0 spiro atoms. The lowest BCUT2D eigenvalue weighted by Crippen LogP contribution is -2.37. The van der Waals surface area contributed by atoms with Gasteiger partial charge in [-0.15, -0.1) is 0 Å². The van der Waals surface area contributed by atoms with Gasteiger partial charge in [-0.05, 0) is 37.5 Å². The first-order chi connectivity index (χ1) is 12.8. The molecule has 142 valence electrons. The molecule has 1 amide bonds. The Labute approximate surface area is 156 Å². The normalized spacial score (nSPS) is 11.1. The van der Waals surface area contributed by atoms with Crippen LogP contribution in [0.5, 0.6) is 0 Å². The third kappa shape index (κ3) is 3.55. The topological polar surface area (TPSA) is 90.9 Å². The fourth-order valence-electron chi connectivity index (χ4n) is 3.06. The van der Waals surface area contributed by atoms with E-state index >= 15 is 0 Å². The number of rotatable bonds is 5. The molecule has 0 aliphatic rings. The Morgan fingerprint density at radius 3 is 2.63 bits per heavy atom. The number of fused-ring (bicyclic) bond motifs is 1. The van der Waals surface area contributed by atoms with E-state index in [1.807, 2.05) is 32.0 Å². The van der Waals surface area contributed by atoms with Crippen LogP contribution in [-0.4, -0.2) is 24.6 Å². The van der Waals surface area contributed by atoms with Crippen LogP contribution in [0.2, 0.25) is 0 Å². The van der Waals surface area contributed by atoms with Crippen LogP contribution in [0.3, 0.4) is 0 Å². The van der Waals surface area contributed by atoms with E-state index in [0.29, 0.717) is 30.6 Å². The van der Waals surface area contributed by atoms with Gasteiger partial charge in [0.05, 0.1) is 6.33 Å². The van der Waals surface area contributed by atoms with Crippen molar-refractivity contribution in [2.75, 3.05) is 5.32 Å². The van der Waals surface area contributed by atoms with Gasteiger partial charge in [-0.25, -0.2) is 9.78 Å². The summed E-state index contributed by atoms with van der Waals surface area (Å²) in [5.74, 6) is -0.0755. The van der Waals surface area contributed by atoms with Crippen molar-refractivity contribution in [3.8, 4) is 0 Å². The van der Waals surface area contributed by atoms with Gasteiger partial charge in [0.15, 0.2) is 11.2 Å². The van der Waals surface area contributed by atoms with Gasteiger partial charge in [-0.2, -0.15) is 0 Å². The van der Waals surface area contributed by atoms with Gasteiger partial charge in [0.25, 0.3) is 5.56 Å². The Balaban J connectivity index is 1.71. The summed E-state index contributed by atoms with van der Waals surface area (Å²) in [5.41, 5.74) is 2.84. The van der Waals surface area contributed by atoms with Gasteiger partial charge in [0, 0.05) is 32.7 Å². The lowest BCUT2D eigenvalue weighted by Gasteiger charge is -2.10. The molecule has 0 fully saturated rings. The van der Waals surface area contributed by atoms with Gasteiger partial charge in [0.2, 0.25) is 5.91 Å². The fourth-order valence-corrected chi connectivity index (χ4v) is 3.06. The molecule has 0 aliphatic carbocycles. The predicted molar refractivity (Wildman–Crippen MR) is 104 cm³/mol. The van der Waals surface area contributed by atoms with E-state index in [1.54, 1.807) is 11.6 Å². The highest BCUT2D eigenvalue weighted by molar-refractivity contribution is 5.91. The van der Waals surface area contributed by atoms with Crippen LogP contribution in [0.1, 0.15) is 24.0 Å². The molecule has 0 radical (unpaired) electrons. The summed E-state index contributed by atoms with van der Waals surface area (Å²) in [5, 5.41) is 2.93. The average Bonchev–Trinajstić information content (AvgIpc) is 3.05. The zero-order valence-electron chi connectivity index (χ0n) is 15.9. The van der Waals surface area contributed by atoms with Gasteiger partial charge in [-0.3, -0.25) is 18.7 Å². The first-order valence-corrected chi connectivity index (χ1v) is 8.77. The highest BCUT2D eigenvalue weighted by atomic mass is 16.2. The van der Waals surface area contributed by atoms with Crippen LogP contribution in [0.25, 0.3) is 11.2 Å². The van der Waals surface area contributed by atoms with Gasteiger partial charge in [-0.1, -0.05) is 12.1 Å². The maximum absolute atomic E-state index is 12.4. The molecular formula is C19H23N5O3. The summed E-state index contributed by atoms with van der Waals surface area (Å²) in [6.45, 7) is 4.39. The van der Waals surface area contributed by atoms with E-state index in [0.717, 1.165) is 21.4 Å². The molecule has 0 atom stereocenters. The van der Waals surface area contributed by atoms with Crippen LogP contribution in [0, 0.1) is 13.8 Å². The van der Waals surface area contributed by atoms with Crippen LogP contribution < -0.4 is 16.6 Å². The van der Waals surface area contributed by atoms with Crippen LogP contribution in [0.4, 0.5) is 5.69 Å². The van der Waals surface area contributed by atoms with E-state index in [9.17, 15) is 14.4 Å². The zero-order valence-corrected chi connectivity index (χ0v) is 15.9. The first-order valence-electron chi connectivity index (χ1n) is 8.77. The zero-order chi connectivity index (χ0) is 19.7. The Morgan fingerprint density at radius 2 is 1.89 bits per heavy atom. The van der Waals surface area contributed by atoms with Crippen molar-refractivity contribution >= 4 is 22.8 Å². The second-order valence-electron chi connectivity index (χ2n) is 6.79. The third-order valence-electron chi connectivity index (χ3n) is 4.69. The number of nitrogens with one attached hydrogen (secondary N) is 1. The van der Waals surface area contributed by atoms with Crippen molar-refractivity contribution in [3.05, 3.63) is 56.5 Å². The predicted octanol–water partition coefficient (Wildman–Crippen LogP) is 1.47. The molecule has 1 aromatic carbocycles. The number of amides is 1. The maximum Gasteiger partial charge on any atom is 0.332 e. The summed E-state index contributed by atoms with van der Waals surface area (Å²) in [6, 6.07) is 5.92. The van der Waals surface area contributed by atoms with E-state index in [-0.39, 0.29) is 11.5 Å². The average molecular weight is 369 g/mol. The van der Waals surface area contributed by atoms with Crippen molar-refractivity contribution in [2.24, 2.45) is 14.1 Å². The van der Waals surface area contributed by atoms with Gasteiger partial charge >= 0.3 is 5.69 Å². The van der Waals surface area contributed by atoms with Crippen LogP contribution in [-0.2, 0) is 25.4 Å². The van der Waals surface area contributed by atoms with Crippen molar-refractivity contribution in [2.45, 2.75) is 33.2 Å². The molecular weight excluding hydrogens is 346 g/mol. The quantitative estimate of drug-likeness (QED) is 0.737. The standard InChI is InChI=1S/C19H23N5O3/c1-12-7-8-13(2)14(10-12)21-15(25)6-5-9-24-11-20-17-16(24)18(26)23(4)19(27)22(17)3/h7-8,10-11H,5-6,9H2,1-4H3,(H,21,25). The Morgan fingerprint density at radius 1 is 1.15 bits per heavy atom. The fraction of sp³-hybridized carbons (Fsp3) is 0.368. The largest absolute Gasteiger partial charge is 0.332 e. The van der Waals surface area contributed by atoms with E-state index < -0.39 is 5.69 Å². The Bertz CT molecular complexity index is 1140. The number of nitrogens with zero attached hydrogens (tertiary/aromatic N) is 4. The van der Waals surface area contributed by atoms with Crippen molar-refractivity contribution in [1.82, 2.24) is 18.7 Å². The maximum atomic E-state index is 12.4. The molecule has 1 N–H and O–H groups in total. The number of carbonyl (C=O) groups is 1. The summed E-state index contributed by atoms with van der Waals surface area (Å²) in [6.07, 6.45) is 2.40. The van der Waals surface area contributed by atoms with E-state index in [1.165, 1.54) is 17.9 Å². The van der Waals surface area contributed by atoms with Crippen molar-refractivity contribution < 1.29 is 4.79 Å². The molecule has 8 nitrogen and oxygen atoms in total. The number of aryl methyl sites for hydroxylation is 4. The van der Waals surface area contributed by atoms with E-state index in [4.69, 9.17) is 0 Å². The van der Waals surface area contributed by atoms with E-state index in [2.05, 4.69) is 10.3 Å². The summed E-state index contributed by atoms with van der Waals surface area (Å²) >= 11 is 0. The van der Waals surface area contributed by atoms with Crippen molar-refractivity contribution in [1.29, 1.82) is 0 Å². The molecule has 3 rings (SSSR count). The number of carbonyl (C=O) groups excluding carboxylic acids is 1. The number of anilines is 1. The number of aromatic nitrogens is 4. The van der Waals surface area contributed by atoms with Crippen LogP contribution in [0.15, 0.2) is 34.1 Å². The smallest absolute Gasteiger partial charge is 0.326 e. The first kappa shape index (κ1) is 18.6. The highest BCUT2D eigenvalue weighted by Gasteiger charge is 2.14. The lowest BCUT2D eigenvalue weighted by molar-refractivity contribution is -0.116. The summed E-state index contributed by atoms with van der Waals surface area (Å²) in [7, 11) is 3.03. The molecule has 8 heteroatoms.